The zero-order valence-corrected chi connectivity index (χ0v) is 16.1. The van der Waals surface area contributed by atoms with Gasteiger partial charge in [0.2, 0.25) is 0 Å². The van der Waals surface area contributed by atoms with Crippen LogP contribution in [0.4, 0.5) is 17.6 Å². The summed E-state index contributed by atoms with van der Waals surface area (Å²) in [5, 5.41) is 0.256. The first-order valence-electron chi connectivity index (χ1n) is 8.42. The fourth-order valence-corrected chi connectivity index (χ4v) is 4.78. The second-order valence-electron chi connectivity index (χ2n) is 6.51. The summed E-state index contributed by atoms with van der Waals surface area (Å²) in [5.74, 6) is -1.01. The van der Waals surface area contributed by atoms with Crippen molar-refractivity contribution in [2.45, 2.75) is 11.4 Å². The highest BCUT2D eigenvalue weighted by Crippen LogP contribution is 2.49. The number of hydrogen-bond acceptors (Lipinski definition) is 3. The van der Waals surface area contributed by atoms with Crippen LogP contribution < -0.4 is 5.73 Å². The third-order valence-electron chi connectivity index (χ3n) is 4.66. The molecule has 0 spiro atoms. The van der Waals surface area contributed by atoms with E-state index in [9.17, 15) is 22.4 Å². The minimum atomic E-state index is -4.55. The summed E-state index contributed by atoms with van der Waals surface area (Å²) in [5.41, 5.74) is 5.55. The van der Waals surface area contributed by atoms with Crippen LogP contribution in [-0.2, 0) is 11.0 Å². The van der Waals surface area contributed by atoms with Crippen molar-refractivity contribution in [2.24, 2.45) is 5.73 Å². The number of fused-ring (bicyclic) bond motifs is 1. The topological polar surface area (TPSA) is 43.1 Å². The van der Waals surface area contributed by atoms with Crippen LogP contribution in [0.5, 0.6) is 0 Å². The third-order valence-corrected chi connectivity index (χ3v) is 6.04. The standard InChI is InChI=1S/C21H12ClF4NOS/c22-13-8-11-4-2-6-15(23)16(11)14(9-13)19-18(28)17(20(27)29-19)10-3-1-5-12(7-10)21(24,25)26/h1-9,19H,27H2. The number of alkyl halides is 3. The fraction of sp³-hybridized carbons (Fsp3) is 0.0952. The number of carbonyl (C=O) groups excluding carboxylic acids is 1. The fourth-order valence-electron chi connectivity index (χ4n) is 3.42. The van der Waals surface area contributed by atoms with Crippen molar-refractivity contribution in [3.63, 3.8) is 0 Å². The summed E-state index contributed by atoms with van der Waals surface area (Å²) in [4.78, 5) is 13.1. The predicted molar refractivity (Wildman–Crippen MR) is 107 cm³/mol. The van der Waals surface area contributed by atoms with Crippen LogP contribution in [0.15, 0.2) is 59.6 Å². The molecule has 0 bridgehead atoms. The summed E-state index contributed by atoms with van der Waals surface area (Å²) in [6, 6.07) is 12.0. The molecule has 2 nitrogen and oxygen atoms in total. The number of benzene rings is 3. The molecule has 1 aliphatic heterocycles. The molecule has 8 heteroatoms. The number of Topliss-reactive ketones (excluding diaryl/α,β-unsaturated/α-hetero) is 1. The van der Waals surface area contributed by atoms with Gasteiger partial charge in [0.05, 0.1) is 21.4 Å². The van der Waals surface area contributed by atoms with Gasteiger partial charge >= 0.3 is 6.18 Å². The van der Waals surface area contributed by atoms with Crippen LogP contribution in [0.25, 0.3) is 16.3 Å². The lowest BCUT2D eigenvalue weighted by molar-refractivity contribution is -0.137. The second kappa shape index (κ2) is 7.07. The molecule has 0 aliphatic carbocycles. The van der Waals surface area contributed by atoms with E-state index in [1.54, 1.807) is 12.1 Å². The van der Waals surface area contributed by atoms with E-state index in [-0.39, 0.29) is 21.6 Å². The average molecular weight is 438 g/mol. The average Bonchev–Trinajstić information content (AvgIpc) is 2.94. The van der Waals surface area contributed by atoms with Gasteiger partial charge in [-0.05, 0) is 46.8 Å². The third kappa shape index (κ3) is 3.49. The number of hydrogen-bond donors (Lipinski definition) is 1. The first-order chi connectivity index (χ1) is 13.7. The van der Waals surface area contributed by atoms with E-state index in [1.807, 2.05) is 0 Å². The van der Waals surface area contributed by atoms with E-state index in [0.29, 0.717) is 16.0 Å². The van der Waals surface area contributed by atoms with Gasteiger partial charge in [0.15, 0.2) is 5.78 Å². The molecule has 3 aromatic carbocycles. The molecule has 3 aromatic rings. The number of allylic oxidation sites excluding steroid dienone is 1. The number of halogens is 5. The van der Waals surface area contributed by atoms with Gasteiger partial charge in [0, 0.05) is 10.4 Å². The quantitative estimate of drug-likeness (QED) is 0.476. The highest BCUT2D eigenvalue weighted by molar-refractivity contribution is 8.04. The number of nitrogens with two attached hydrogens (primary N) is 1. The van der Waals surface area contributed by atoms with Crippen LogP contribution in [0.3, 0.4) is 0 Å². The Hall–Kier alpha value is -2.51. The van der Waals surface area contributed by atoms with Gasteiger partial charge in [-0.2, -0.15) is 13.2 Å². The van der Waals surface area contributed by atoms with Crippen molar-refractivity contribution < 1.29 is 22.4 Å². The maximum atomic E-state index is 14.5. The van der Waals surface area contributed by atoms with Gasteiger partial charge in [0.1, 0.15) is 5.82 Å². The minimum absolute atomic E-state index is 0.00411. The molecule has 1 unspecified atom stereocenters. The van der Waals surface area contributed by atoms with Gasteiger partial charge in [-0.25, -0.2) is 4.39 Å². The van der Waals surface area contributed by atoms with E-state index in [4.69, 9.17) is 17.3 Å². The van der Waals surface area contributed by atoms with E-state index >= 15 is 0 Å². The second-order valence-corrected chi connectivity index (χ2v) is 8.10. The molecule has 29 heavy (non-hydrogen) atoms. The molecule has 2 N–H and O–H groups in total. The first kappa shape index (κ1) is 19.8. The van der Waals surface area contributed by atoms with E-state index in [1.165, 1.54) is 30.3 Å². The Balaban J connectivity index is 1.81. The molecule has 0 fully saturated rings. The van der Waals surface area contributed by atoms with Gasteiger partial charge in [0.25, 0.3) is 0 Å². The zero-order chi connectivity index (χ0) is 20.9. The lowest BCUT2D eigenvalue weighted by atomic mass is 9.93. The molecule has 0 amide bonds. The van der Waals surface area contributed by atoms with Crippen molar-refractivity contribution in [1.29, 1.82) is 0 Å². The molecule has 0 radical (unpaired) electrons. The van der Waals surface area contributed by atoms with Gasteiger partial charge in [-0.3, -0.25) is 4.79 Å². The SMILES string of the molecule is NC1=C(c2cccc(C(F)(F)F)c2)C(=O)C(c2cc(Cl)cc3cccc(F)c23)S1. The highest BCUT2D eigenvalue weighted by Gasteiger charge is 2.37. The Morgan fingerprint density at radius 3 is 2.48 bits per heavy atom. The van der Waals surface area contributed by atoms with Gasteiger partial charge in [-0.15, -0.1) is 0 Å². The normalized spacial score (nSPS) is 17.4. The van der Waals surface area contributed by atoms with Crippen LogP contribution in [0, 0.1) is 5.82 Å². The Morgan fingerprint density at radius 1 is 1.03 bits per heavy atom. The van der Waals surface area contributed by atoms with Crippen molar-refractivity contribution >= 4 is 45.5 Å². The Bertz CT molecular complexity index is 1190. The van der Waals surface area contributed by atoms with Crippen LogP contribution >= 0.6 is 23.4 Å². The summed E-state index contributed by atoms with van der Waals surface area (Å²) in [7, 11) is 0. The van der Waals surface area contributed by atoms with Crippen LogP contribution in [0.2, 0.25) is 5.02 Å². The smallest absolute Gasteiger partial charge is 0.393 e. The maximum Gasteiger partial charge on any atom is 0.416 e. The molecule has 0 saturated heterocycles. The summed E-state index contributed by atoms with van der Waals surface area (Å²) >= 11 is 7.13. The molecule has 1 heterocycles. The largest absolute Gasteiger partial charge is 0.416 e. The predicted octanol–water partition coefficient (Wildman–Crippen LogP) is 6.34. The molecular weight excluding hydrogens is 426 g/mol. The summed E-state index contributed by atoms with van der Waals surface area (Å²) in [6.45, 7) is 0. The Kier molecular flexibility index (Phi) is 4.83. The lowest BCUT2D eigenvalue weighted by Crippen LogP contribution is -2.10. The number of carbonyl (C=O) groups is 1. The molecule has 1 aliphatic rings. The highest BCUT2D eigenvalue weighted by atomic mass is 35.5. The minimum Gasteiger partial charge on any atom is -0.393 e. The number of rotatable bonds is 2. The lowest BCUT2D eigenvalue weighted by Gasteiger charge is -2.14. The zero-order valence-electron chi connectivity index (χ0n) is 14.6. The van der Waals surface area contributed by atoms with Crippen molar-refractivity contribution in [3.8, 4) is 0 Å². The van der Waals surface area contributed by atoms with E-state index in [0.717, 1.165) is 23.9 Å². The van der Waals surface area contributed by atoms with Crippen molar-refractivity contribution in [3.05, 3.63) is 87.2 Å². The van der Waals surface area contributed by atoms with E-state index in [2.05, 4.69) is 0 Å². The van der Waals surface area contributed by atoms with Crippen molar-refractivity contribution in [1.82, 2.24) is 0 Å². The number of ketones is 1. The number of thioether (sulfide) groups is 1. The molecule has 1 atom stereocenters. The molecule has 0 aromatic heterocycles. The van der Waals surface area contributed by atoms with E-state index < -0.39 is 28.6 Å². The summed E-state index contributed by atoms with van der Waals surface area (Å²) in [6.07, 6.45) is -4.55. The van der Waals surface area contributed by atoms with Crippen LogP contribution in [-0.4, -0.2) is 5.78 Å². The monoisotopic (exact) mass is 437 g/mol. The van der Waals surface area contributed by atoms with Gasteiger partial charge in [-0.1, -0.05) is 47.6 Å². The summed E-state index contributed by atoms with van der Waals surface area (Å²) < 4.78 is 53.7. The molecule has 0 saturated carbocycles. The maximum absolute atomic E-state index is 14.5. The Labute approximate surface area is 172 Å². The molecular formula is C21H12ClF4NOS. The Morgan fingerprint density at radius 2 is 1.76 bits per heavy atom. The molecule has 148 valence electrons. The molecule has 4 rings (SSSR count). The van der Waals surface area contributed by atoms with Crippen molar-refractivity contribution in [2.75, 3.05) is 0 Å². The van der Waals surface area contributed by atoms with Gasteiger partial charge < -0.3 is 5.73 Å². The first-order valence-corrected chi connectivity index (χ1v) is 9.68. The van der Waals surface area contributed by atoms with Crippen LogP contribution in [0.1, 0.15) is 21.9 Å².